The van der Waals surface area contributed by atoms with Gasteiger partial charge in [-0.2, -0.15) is 0 Å². The monoisotopic (exact) mass is 155 g/mol. The molecule has 0 unspecified atom stereocenters. The normalized spacial score (nSPS) is 26.2. The maximum absolute atomic E-state index is 4.49. The van der Waals surface area contributed by atoms with Crippen molar-refractivity contribution in [3.05, 3.63) is 0 Å². The van der Waals surface area contributed by atoms with E-state index in [4.69, 9.17) is 0 Å². The summed E-state index contributed by atoms with van der Waals surface area (Å²) >= 11 is 1.98. The highest BCUT2D eigenvalue weighted by Gasteiger charge is 2.23. The van der Waals surface area contributed by atoms with Gasteiger partial charge in [0, 0.05) is 12.3 Å². The van der Waals surface area contributed by atoms with Gasteiger partial charge in [0.05, 0.1) is 5.04 Å². The van der Waals surface area contributed by atoms with Gasteiger partial charge in [0.2, 0.25) is 0 Å². The van der Waals surface area contributed by atoms with Gasteiger partial charge >= 0.3 is 0 Å². The van der Waals surface area contributed by atoms with E-state index in [2.05, 4.69) is 4.99 Å². The molecule has 0 aromatic heterocycles. The van der Waals surface area contributed by atoms with Crippen LogP contribution in [0.2, 0.25) is 0 Å². The van der Waals surface area contributed by atoms with Gasteiger partial charge in [-0.1, -0.05) is 0 Å². The standard InChI is InChI=1S/C8H13NS/c1-4-9-8(10-5-1)6-7-2-3-7/h7H,1-6H2. The molecule has 1 fully saturated rings. The zero-order valence-corrected chi connectivity index (χ0v) is 6.99. The first-order valence-electron chi connectivity index (χ1n) is 4.11. The SMILES string of the molecule is C1CN=C(CC2CC2)SC1. The van der Waals surface area contributed by atoms with E-state index in [0.717, 1.165) is 12.5 Å². The predicted molar refractivity (Wildman–Crippen MR) is 46.7 cm³/mol. The van der Waals surface area contributed by atoms with E-state index >= 15 is 0 Å². The highest BCUT2D eigenvalue weighted by molar-refractivity contribution is 8.14. The second kappa shape index (κ2) is 2.95. The van der Waals surface area contributed by atoms with E-state index in [1.54, 1.807) is 0 Å². The van der Waals surface area contributed by atoms with Crippen molar-refractivity contribution in [3.8, 4) is 0 Å². The molecule has 56 valence electrons. The van der Waals surface area contributed by atoms with Crippen molar-refractivity contribution in [1.82, 2.24) is 0 Å². The Bertz CT molecular complexity index is 149. The molecule has 0 amide bonds. The van der Waals surface area contributed by atoms with Gasteiger partial charge < -0.3 is 0 Å². The minimum absolute atomic E-state index is 1.02. The molecule has 0 atom stereocenters. The van der Waals surface area contributed by atoms with Crippen LogP contribution < -0.4 is 0 Å². The molecule has 1 aliphatic carbocycles. The van der Waals surface area contributed by atoms with E-state index in [0.29, 0.717) is 0 Å². The van der Waals surface area contributed by atoms with Crippen LogP contribution in [-0.2, 0) is 0 Å². The minimum Gasteiger partial charge on any atom is -0.283 e. The fourth-order valence-electron chi connectivity index (χ4n) is 1.20. The fraction of sp³-hybridized carbons (Fsp3) is 0.875. The van der Waals surface area contributed by atoms with Gasteiger partial charge in [0.1, 0.15) is 0 Å². The molecule has 1 aliphatic heterocycles. The van der Waals surface area contributed by atoms with Gasteiger partial charge in [0.15, 0.2) is 0 Å². The van der Waals surface area contributed by atoms with Crippen molar-refractivity contribution in [3.63, 3.8) is 0 Å². The van der Waals surface area contributed by atoms with E-state index in [1.165, 1.54) is 36.5 Å². The van der Waals surface area contributed by atoms with Crippen molar-refractivity contribution in [2.75, 3.05) is 12.3 Å². The molecule has 0 aromatic rings. The highest BCUT2D eigenvalue weighted by Crippen LogP contribution is 2.35. The molecule has 2 aliphatic rings. The number of thioether (sulfide) groups is 1. The molecular formula is C8H13NS. The summed E-state index contributed by atoms with van der Waals surface area (Å²) in [6.07, 6.45) is 5.50. The van der Waals surface area contributed by atoms with Crippen molar-refractivity contribution >= 4 is 16.8 Å². The van der Waals surface area contributed by atoms with Crippen molar-refractivity contribution < 1.29 is 0 Å². The Morgan fingerprint density at radius 3 is 3.00 bits per heavy atom. The summed E-state index contributed by atoms with van der Waals surface area (Å²) in [5.74, 6) is 2.33. The smallest absolute Gasteiger partial charge is 0.0678 e. The molecule has 10 heavy (non-hydrogen) atoms. The lowest BCUT2D eigenvalue weighted by molar-refractivity contribution is 0.874. The highest BCUT2D eigenvalue weighted by atomic mass is 32.2. The quantitative estimate of drug-likeness (QED) is 0.596. The van der Waals surface area contributed by atoms with Crippen LogP contribution in [0.15, 0.2) is 4.99 Å². The molecule has 0 bridgehead atoms. The molecule has 0 aromatic carbocycles. The topological polar surface area (TPSA) is 12.4 Å². The van der Waals surface area contributed by atoms with Gasteiger partial charge in [-0.05, 0) is 31.6 Å². The van der Waals surface area contributed by atoms with Crippen LogP contribution in [0, 0.1) is 5.92 Å². The Kier molecular flexibility index (Phi) is 1.98. The van der Waals surface area contributed by atoms with Crippen LogP contribution in [0.5, 0.6) is 0 Å². The second-order valence-corrected chi connectivity index (χ2v) is 4.29. The van der Waals surface area contributed by atoms with E-state index in [-0.39, 0.29) is 0 Å². The molecule has 0 spiro atoms. The third-order valence-electron chi connectivity index (χ3n) is 2.02. The number of hydrogen-bond acceptors (Lipinski definition) is 2. The Hall–Kier alpha value is 0.0200. The fourth-order valence-corrected chi connectivity index (χ4v) is 2.24. The molecular weight excluding hydrogens is 142 g/mol. The van der Waals surface area contributed by atoms with Crippen LogP contribution in [0.1, 0.15) is 25.7 Å². The second-order valence-electron chi connectivity index (χ2n) is 3.12. The molecule has 1 saturated carbocycles. The lowest BCUT2D eigenvalue weighted by atomic mass is 10.3. The van der Waals surface area contributed by atoms with Crippen molar-refractivity contribution in [2.24, 2.45) is 10.9 Å². The Labute approximate surface area is 66.3 Å². The number of aliphatic imine (C=N–C) groups is 1. The van der Waals surface area contributed by atoms with Crippen LogP contribution >= 0.6 is 11.8 Å². The number of rotatable bonds is 2. The Morgan fingerprint density at radius 2 is 2.40 bits per heavy atom. The average Bonchev–Trinajstić information content (AvgIpc) is 2.74. The van der Waals surface area contributed by atoms with Crippen LogP contribution in [0.25, 0.3) is 0 Å². The van der Waals surface area contributed by atoms with Gasteiger partial charge in [-0.3, -0.25) is 4.99 Å². The predicted octanol–water partition coefficient (Wildman–Crippen LogP) is 2.32. The summed E-state index contributed by atoms with van der Waals surface area (Å²) in [6.45, 7) is 1.09. The van der Waals surface area contributed by atoms with Crippen LogP contribution in [0.3, 0.4) is 0 Å². The molecule has 1 nitrogen and oxygen atoms in total. The minimum atomic E-state index is 1.02. The number of hydrogen-bond donors (Lipinski definition) is 0. The zero-order valence-electron chi connectivity index (χ0n) is 6.18. The molecule has 0 saturated heterocycles. The molecule has 2 heteroatoms. The summed E-state index contributed by atoms with van der Waals surface area (Å²) in [5, 5.41) is 1.44. The lowest BCUT2D eigenvalue weighted by Crippen LogP contribution is -2.03. The summed E-state index contributed by atoms with van der Waals surface area (Å²) < 4.78 is 0. The first-order chi connectivity index (χ1) is 4.95. The maximum atomic E-state index is 4.49. The van der Waals surface area contributed by atoms with Gasteiger partial charge in [-0.15, -0.1) is 11.8 Å². The third-order valence-corrected chi connectivity index (χ3v) is 3.14. The van der Waals surface area contributed by atoms with Gasteiger partial charge in [-0.25, -0.2) is 0 Å². The summed E-state index contributed by atoms with van der Waals surface area (Å²) in [4.78, 5) is 4.49. The van der Waals surface area contributed by atoms with Crippen molar-refractivity contribution in [1.29, 1.82) is 0 Å². The first kappa shape index (κ1) is 6.71. The van der Waals surface area contributed by atoms with Crippen LogP contribution in [-0.4, -0.2) is 17.3 Å². The first-order valence-corrected chi connectivity index (χ1v) is 5.10. The van der Waals surface area contributed by atoms with Crippen LogP contribution in [0.4, 0.5) is 0 Å². The van der Waals surface area contributed by atoms with Crippen molar-refractivity contribution in [2.45, 2.75) is 25.7 Å². The average molecular weight is 155 g/mol. The third kappa shape index (κ3) is 1.75. The Balaban J connectivity index is 1.83. The molecule has 0 radical (unpaired) electrons. The lowest BCUT2D eigenvalue weighted by Gasteiger charge is -2.09. The summed E-state index contributed by atoms with van der Waals surface area (Å²) in [6, 6.07) is 0. The number of nitrogens with zero attached hydrogens (tertiary/aromatic N) is 1. The van der Waals surface area contributed by atoms with E-state index in [9.17, 15) is 0 Å². The molecule has 2 rings (SSSR count). The zero-order chi connectivity index (χ0) is 6.81. The van der Waals surface area contributed by atoms with E-state index < -0.39 is 0 Å². The van der Waals surface area contributed by atoms with E-state index in [1.807, 2.05) is 11.8 Å². The Morgan fingerprint density at radius 1 is 1.50 bits per heavy atom. The molecule has 1 heterocycles. The summed E-state index contributed by atoms with van der Waals surface area (Å²) in [5.41, 5.74) is 0. The molecule has 0 N–H and O–H groups in total. The van der Waals surface area contributed by atoms with Gasteiger partial charge in [0.25, 0.3) is 0 Å². The summed E-state index contributed by atoms with van der Waals surface area (Å²) in [7, 11) is 0. The maximum Gasteiger partial charge on any atom is 0.0678 e. The largest absolute Gasteiger partial charge is 0.283 e.